The molecular formula is C15H28N2O3. The van der Waals surface area contributed by atoms with Crippen LogP contribution < -0.4 is 10.6 Å². The van der Waals surface area contributed by atoms with Gasteiger partial charge < -0.3 is 24.8 Å². The van der Waals surface area contributed by atoms with E-state index in [1.54, 1.807) is 13.3 Å². The molecule has 0 rings (SSSR count). The molecule has 0 aromatic rings. The van der Waals surface area contributed by atoms with Gasteiger partial charge in [-0.3, -0.25) is 0 Å². The largest absolute Gasteiger partial charge is 0.500 e. The summed E-state index contributed by atoms with van der Waals surface area (Å²) in [6.45, 7) is 11.3. The van der Waals surface area contributed by atoms with Crippen molar-refractivity contribution in [3.8, 4) is 0 Å². The fourth-order valence-electron chi connectivity index (χ4n) is 1.35. The molecule has 0 unspecified atom stereocenters. The maximum absolute atomic E-state index is 5.42. The number of methoxy groups -OCH3 is 1. The Bertz CT molecular complexity index is 268. The Labute approximate surface area is 122 Å². The van der Waals surface area contributed by atoms with Crippen molar-refractivity contribution in [1.29, 1.82) is 0 Å². The molecule has 0 amide bonds. The molecule has 0 aromatic heterocycles. The van der Waals surface area contributed by atoms with Crippen molar-refractivity contribution >= 4 is 0 Å². The molecule has 5 nitrogen and oxygen atoms in total. The van der Waals surface area contributed by atoms with Gasteiger partial charge in [0.2, 0.25) is 0 Å². The topological polar surface area (TPSA) is 51.8 Å². The van der Waals surface area contributed by atoms with Crippen molar-refractivity contribution in [2.45, 2.75) is 12.8 Å². The minimum Gasteiger partial charge on any atom is -0.500 e. The van der Waals surface area contributed by atoms with Crippen molar-refractivity contribution in [2.24, 2.45) is 0 Å². The molecule has 0 bridgehead atoms. The standard InChI is InChI=1S/C15H28N2O3/c1-4-6-7-15(18-3)14-17-9-11-20-13-12-19-10-8-16-5-2/h4-5,14,16-17H,1-2,6-13H2,3H3/b15-14-. The molecule has 0 saturated carbocycles. The van der Waals surface area contributed by atoms with Crippen molar-refractivity contribution in [3.05, 3.63) is 37.4 Å². The Kier molecular flexibility index (Phi) is 14.5. The van der Waals surface area contributed by atoms with Gasteiger partial charge in [0.1, 0.15) is 5.76 Å². The lowest BCUT2D eigenvalue weighted by atomic mass is 10.3. The van der Waals surface area contributed by atoms with E-state index in [2.05, 4.69) is 23.8 Å². The lowest BCUT2D eigenvalue weighted by Gasteiger charge is -2.08. The minimum atomic E-state index is 0.604. The van der Waals surface area contributed by atoms with Crippen molar-refractivity contribution in [1.82, 2.24) is 10.6 Å². The van der Waals surface area contributed by atoms with E-state index in [0.29, 0.717) is 26.4 Å². The van der Waals surface area contributed by atoms with Gasteiger partial charge in [0.05, 0.1) is 33.5 Å². The predicted octanol–water partition coefficient (Wildman–Crippen LogP) is 1.80. The van der Waals surface area contributed by atoms with Gasteiger partial charge in [0.15, 0.2) is 0 Å². The van der Waals surface area contributed by atoms with Crippen molar-refractivity contribution in [2.75, 3.05) is 46.6 Å². The molecule has 0 aliphatic carbocycles. The van der Waals surface area contributed by atoms with Gasteiger partial charge in [0, 0.05) is 25.7 Å². The lowest BCUT2D eigenvalue weighted by Crippen LogP contribution is -2.18. The first kappa shape index (κ1) is 18.5. The van der Waals surface area contributed by atoms with Gasteiger partial charge in [-0.1, -0.05) is 12.7 Å². The van der Waals surface area contributed by atoms with E-state index in [1.165, 1.54) is 0 Å². The zero-order valence-electron chi connectivity index (χ0n) is 12.5. The number of hydrogen-bond donors (Lipinski definition) is 2. The summed E-state index contributed by atoms with van der Waals surface area (Å²) in [4.78, 5) is 0. The van der Waals surface area contributed by atoms with Crippen LogP contribution in [0.15, 0.2) is 37.4 Å². The molecule has 0 saturated heterocycles. The third-order valence-corrected chi connectivity index (χ3v) is 2.42. The van der Waals surface area contributed by atoms with Gasteiger partial charge in [-0.2, -0.15) is 0 Å². The highest BCUT2D eigenvalue weighted by Gasteiger charge is 1.94. The van der Waals surface area contributed by atoms with Crippen LogP contribution in [0.4, 0.5) is 0 Å². The summed E-state index contributed by atoms with van der Waals surface area (Å²) in [5.74, 6) is 0.919. The Balaban J connectivity index is 3.32. The van der Waals surface area contributed by atoms with E-state index in [-0.39, 0.29) is 0 Å². The van der Waals surface area contributed by atoms with Crippen molar-refractivity contribution in [3.63, 3.8) is 0 Å². The molecule has 0 aliphatic heterocycles. The molecule has 0 atom stereocenters. The molecule has 0 heterocycles. The number of hydrogen-bond acceptors (Lipinski definition) is 5. The van der Waals surface area contributed by atoms with Crippen LogP contribution in [0.5, 0.6) is 0 Å². The Morgan fingerprint density at radius 3 is 2.20 bits per heavy atom. The van der Waals surface area contributed by atoms with Crippen LogP contribution in [0, 0.1) is 0 Å². The average Bonchev–Trinajstić information content (AvgIpc) is 2.48. The smallest absolute Gasteiger partial charge is 0.111 e. The second-order valence-electron chi connectivity index (χ2n) is 3.98. The average molecular weight is 284 g/mol. The summed E-state index contributed by atoms with van der Waals surface area (Å²) in [6, 6.07) is 0. The maximum Gasteiger partial charge on any atom is 0.111 e. The quantitative estimate of drug-likeness (QED) is 0.273. The van der Waals surface area contributed by atoms with E-state index in [0.717, 1.165) is 31.7 Å². The van der Waals surface area contributed by atoms with Crippen LogP contribution >= 0.6 is 0 Å². The summed E-state index contributed by atoms with van der Waals surface area (Å²) in [5.41, 5.74) is 0. The van der Waals surface area contributed by atoms with E-state index in [9.17, 15) is 0 Å². The second kappa shape index (κ2) is 15.6. The number of rotatable bonds is 15. The summed E-state index contributed by atoms with van der Waals surface area (Å²) in [6.07, 6.45) is 7.18. The summed E-state index contributed by atoms with van der Waals surface area (Å²) in [7, 11) is 1.67. The van der Waals surface area contributed by atoms with Crippen molar-refractivity contribution < 1.29 is 14.2 Å². The summed E-state index contributed by atoms with van der Waals surface area (Å²) >= 11 is 0. The first-order valence-electron chi connectivity index (χ1n) is 6.92. The van der Waals surface area contributed by atoms with E-state index < -0.39 is 0 Å². The Morgan fingerprint density at radius 2 is 1.65 bits per heavy atom. The SMILES string of the molecule is C=CCC/C(=C/NCCOCCOCCNC=C)OC. The highest BCUT2D eigenvalue weighted by atomic mass is 16.5. The molecule has 0 fully saturated rings. The molecular weight excluding hydrogens is 256 g/mol. The van der Waals surface area contributed by atoms with Gasteiger partial charge in [-0.25, -0.2) is 0 Å². The van der Waals surface area contributed by atoms with Crippen LogP contribution in [0.25, 0.3) is 0 Å². The first-order chi connectivity index (χ1) is 9.85. The van der Waals surface area contributed by atoms with Crippen LogP contribution in [0.3, 0.4) is 0 Å². The number of nitrogens with one attached hydrogen (secondary N) is 2. The fourth-order valence-corrected chi connectivity index (χ4v) is 1.35. The van der Waals surface area contributed by atoms with Gasteiger partial charge in [-0.05, 0) is 12.6 Å². The summed E-state index contributed by atoms with van der Waals surface area (Å²) in [5, 5.41) is 6.12. The molecule has 0 aliphatic rings. The van der Waals surface area contributed by atoms with Gasteiger partial charge in [-0.15, -0.1) is 6.58 Å². The Morgan fingerprint density at radius 1 is 1.00 bits per heavy atom. The molecule has 0 radical (unpaired) electrons. The lowest BCUT2D eigenvalue weighted by molar-refractivity contribution is 0.0513. The highest BCUT2D eigenvalue weighted by molar-refractivity contribution is 4.92. The molecule has 0 aromatic carbocycles. The molecule has 2 N–H and O–H groups in total. The van der Waals surface area contributed by atoms with E-state index in [4.69, 9.17) is 14.2 Å². The second-order valence-corrected chi connectivity index (χ2v) is 3.98. The zero-order valence-corrected chi connectivity index (χ0v) is 12.5. The van der Waals surface area contributed by atoms with Crippen LogP contribution in [-0.4, -0.2) is 46.6 Å². The maximum atomic E-state index is 5.42. The highest BCUT2D eigenvalue weighted by Crippen LogP contribution is 2.04. The number of ether oxygens (including phenoxy) is 3. The zero-order chi connectivity index (χ0) is 14.9. The van der Waals surface area contributed by atoms with Crippen LogP contribution in [-0.2, 0) is 14.2 Å². The van der Waals surface area contributed by atoms with E-state index >= 15 is 0 Å². The Hall–Kier alpha value is -1.46. The molecule has 0 spiro atoms. The first-order valence-corrected chi connectivity index (χ1v) is 6.92. The van der Waals surface area contributed by atoms with E-state index in [1.807, 2.05) is 12.3 Å². The molecule has 20 heavy (non-hydrogen) atoms. The molecule has 5 heteroatoms. The third kappa shape index (κ3) is 13.0. The monoisotopic (exact) mass is 284 g/mol. The van der Waals surface area contributed by atoms with Crippen LogP contribution in [0.1, 0.15) is 12.8 Å². The summed E-state index contributed by atoms with van der Waals surface area (Å²) < 4.78 is 16.0. The normalized spacial score (nSPS) is 10.9. The molecule has 116 valence electrons. The minimum absolute atomic E-state index is 0.604. The van der Waals surface area contributed by atoms with Gasteiger partial charge in [0.25, 0.3) is 0 Å². The fraction of sp³-hybridized carbons (Fsp3) is 0.600. The van der Waals surface area contributed by atoms with Gasteiger partial charge >= 0.3 is 0 Å². The van der Waals surface area contributed by atoms with Crippen LogP contribution in [0.2, 0.25) is 0 Å². The predicted molar refractivity (Wildman–Crippen MR) is 82.4 cm³/mol. The third-order valence-electron chi connectivity index (χ3n) is 2.42. The number of allylic oxidation sites excluding steroid dienone is 2.